The molecule has 1 amide bonds. The third-order valence-electron chi connectivity index (χ3n) is 5.66. The number of carbonyl (C=O) groups excluding carboxylic acids is 2. The first-order valence-corrected chi connectivity index (χ1v) is 9.53. The van der Waals surface area contributed by atoms with E-state index in [0.717, 1.165) is 11.3 Å². The fourth-order valence-electron chi connectivity index (χ4n) is 4.04. The molecule has 1 aliphatic rings. The minimum absolute atomic E-state index is 0.0180. The molecule has 3 atom stereocenters. The Morgan fingerprint density at radius 1 is 1.26 bits per heavy atom. The highest BCUT2D eigenvalue weighted by molar-refractivity contribution is 5.86. The van der Waals surface area contributed by atoms with Crippen LogP contribution in [0.5, 0.6) is 5.75 Å². The first-order chi connectivity index (χ1) is 12.8. The van der Waals surface area contributed by atoms with Crippen molar-refractivity contribution >= 4 is 11.9 Å². The van der Waals surface area contributed by atoms with Gasteiger partial charge in [-0.1, -0.05) is 32.9 Å². The zero-order valence-corrected chi connectivity index (χ0v) is 17.2. The third kappa shape index (κ3) is 4.10. The largest absolute Gasteiger partial charge is 0.497 e. The van der Waals surface area contributed by atoms with Gasteiger partial charge in [0.05, 0.1) is 20.1 Å². The van der Waals surface area contributed by atoms with Crippen molar-refractivity contribution in [3.63, 3.8) is 0 Å². The van der Waals surface area contributed by atoms with Crippen LogP contribution >= 0.6 is 0 Å². The predicted octanol–water partition coefficient (Wildman–Crippen LogP) is 2.78. The van der Waals surface area contributed by atoms with Crippen LogP contribution in [0.15, 0.2) is 24.3 Å². The van der Waals surface area contributed by atoms with Gasteiger partial charge in [-0.05, 0) is 43.5 Å². The van der Waals surface area contributed by atoms with Crippen molar-refractivity contribution in [1.82, 2.24) is 10.2 Å². The van der Waals surface area contributed by atoms with Gasteiger partial charge in [-0.25, -0.2) is 0 Å². The lowest BCUT2D eigenvalue weighted by molar-refractivity contribution is -0.153. The van der Waals surface area contributed by atoms with Gasteiger partial charge < -0.3 is 14.8 Å². The van der Waals surface area contributed by atoms with E-state index in [1.807, 2.05) is 43.1 Å². The molecule has 0 aliphatic carbocycles. The number of rotatable bonds is 7. The second-order valence-corrected chi connectivity index (χ2v) is 7.66. The Bertz CT molecular complexity index is 659. The molecule has 1 aliphatic heterocycles. The summed E-state index contributed by atoms with van der Waals surface area (Å²) in [7, 11) is 4.94. The van der Waals surface area contributed by atoms with E-state index in [2.05, 4.69) is 19.2 Å². The molecule has 0 radical (unpaired) electrons. The lowest BCUT2D eigenvalue weighted by atomic mass is 9.87. The van der Waals surface area contributed by atoms with Crippen LogP contribution in [0.3, 0.4) is 0 Å². The van der Waals surface area contributed by atoms with Crippen molar-refractivity contribution in [3.05, 3.63) is 29.8 Å². The quantitative estimate of drug-likeness (QED) is 0.741. The second kappa shape index (κ2) is 8.74. The molecule has 6 heteroatoms. The first-order valence-electron chi connectivity index (χ1n) is 9.53. The van der Waals surface area contributed by atoms with Gasteiger partial charge in [-0.2, -0.15) is 0 Å². The van der Waals surface area contributed by atoms with Crippen LogP contribution in [0.4, 0.5) is 0 Å². The van der Waals surface area contributed by atoms with E-state index in [4.69, 9.17) is 9.47 Å². The van der Waals surface area contributed by atoms with Crippen LogP contribution in [0.1, 0.15) is 45.2 Å². The molecule has 27 heavy (non-hydrogen) atoms. The summed E-state index contributed by atoms with van der Waals surface area (Å²) in [6, 6.07) is 7.49. The van der Waals surface area contributed by atoms with Gasteiger partial charge >= 0.3 is 5.97 Å². The Kier molecular flexibility index (Phi) is 6.87. The number of hydrogen-bond acceptors (Lipinski definition) is 5. The van der Waals surface area contributed by atoms with E-state index in [9.17, 15) is 9.59 Å². The van der Waals surface area contributed by atoms with E-state index in [0.29, 0.717) is 25.3 Å². The van der Waals surface area contributed by atoms with Gasteiger partial charge in [-0.15, -0.1) is 0 Å². The fourth-order valence-corrected chi connectivity index (χ4v) is 4.04. The minimum Gasteiger partial charge on any atom is -0.497 e. The lowest BCUT2D eigenvalue weighted by Gasteiger charge is -2.35. The summed E-state index contributed by atoms with van der Waals surface area (Å²) >= 11 is 0. The molecule has 6 nitrogen and oxygen atoms in total. The van der Waals surface area contributed by atoms with Crippen molar-refractivity contribution in [2.45, 2.75) is 45.2 Å². The molecule has 1 fully saturated rings. The number of carbonyl (C=O) groups is 2. The van der Waals surface area contributed by atoms with Crippen molar-refractivity contribution in [2.75, 3.05) is 27.8 Å². The summed E-state index contributed by atoms with van der Waals surface area (Å²) in [6.45, 7) is 6.71. The van der Waals surface area contributed by atoms with Gasteiger partial charge in [0.25, 0.3) is 0 Å². The molecule has 0 aromatic heterocycles. The predicted molar refractivity (Wildman–Crippen MR) is 104 cm³/mol. The van der Waals surface area contributed by atoms with Gasteiger partial charge in [0, 0.05) is 12.6 Å². The number of likely N-dealkylation sites (N-methyl/N-ethyl adjacent to an activating group) is 1. The summed E-state index contributed by atoms with van der Waals surface area (Å²) in [6.07, 6.45) is 1.02. The second-order valence-electron chi connectivity index (χ2n) is 7.66. The molecule has 0 bridgehead atoms. The maximum absolute atomic E-state index is 13.0. The zero-order chi connectivity index (χ0) is 20.2. The van der Waals surface area contributed by atoms with Gasteiger partial charge in [0.1, 0.15) is 11.3 Å². The maximum atomic E-state index is 13.0. The standard InChI is InChI=1S/C21H32N2O4/c1-7-21(20(25)27-6)12-17(19(24)22-13-14(2)3)18(23(21)4)15-8-10-16(26-5)11-9-15/h8-11,14,17-18H,7,12-13H2,1-6H3,(H,22,24)/t17-,18-,21-/m0/s1. The maximum Gasteiger partial charge on any atom is 0.326 e. The van der Waals surface area contributed by atoms with Crippen molar-refractivity contribution < 1.29 is 19.1 Å². The molecule has 0 unspecified atom stereocenters. The summed E-state index contributed by atoms with van der Waals surface area (Å²) < 4.78 is 10.4. The molecular weight excluding hydrogens is 344 g/mol. The van der Waals surface area contributed by atoms with E-state index < -0.39 is 5.54 Å². The van der Waals surface area contributed by atoms with Crippen LogP contribution in [-0.4, -0.2) is 50.1 Å². The smallest absolute Gasteiger partial charge is 0.326 e. The topological polar surface area (TPSA) is 67.9 Å². The number of benzene rings is 1. The normalized spacial score (nSPS) is 25.4. The molecule has 1 heterocycles. The minimum atomic E-state index is -0.806. The third-order valence-corrected chi connectivity index (χ3v) is 5.66. The van der Waals surface area contributed by atoms with Gasteiger partial charge in [0.15, 0.2) is 0 Å². The Morgan fingerprint density at radius 2 is 1.89 bits per heavy atom. The highest BCUT2D eigenvalue weighted by atomic mass is 16.5. The van der Waals surface area contributed by atoms with E-state index in [1.165, 1.54) is 7.11 Å². The van der Waals surface area contributed by atoms with Gasteiger partial charge in [0.2, 0.25) is 5.91 Å². The number of nitrogens with one attached hydrogen (secondary N) is 1. The molecule has 2 rings (SSSR count). The highest BCUT2D eigenvalue weighted by Crippen LogP contribution is 2.48. The lowest BCUT2D eigenvalue weighted by Crippen LogP contribution is -2.49. The molecule has 1 aromatic carbocycles. The number of methoxy groups -OCH3 is 2. The number of nitrogens with zero attached hydrogens (tertiary/aromatic N) is 1. The average molecular weight is 376 g/mol. The van der Waals surface area contributed by atoms with Crippen molar-refractivity contribution in [3.8, 4) is 5.75 Å². The Hall–Kier alpha value is -2.08. The molecule has 1 aromatic rings. The fraction of sp³-hybridized carbons (Fsp3) is 0.619. The molecule has 1 N–H and O–H groups in total. The number of likely N-dealkylation sites (tertiary alicyclic amines) is 1. The van der Waals surface area contributed by atoms with Crippen LogP contribution in [0, 0.1) is 11.8 Å². The van der Waals surface area contributed by atoms with Crippen LogP contribution in [-0.2, 0) is 14.3 Å². The SMILES string of the molecule is CC[C@@]1(C(=O)OC)C[C@H](C(=O)NCC(C)C)[C@H](c2ccc(OC)cc2)N1C. The number of ether oxygens (including phenoxy) is 2. The Balaban J connectivity index is 2.42. The van der Waals surface area contributed by atoms with E-state index in [1.54, 1.807) is 7.11 Å². The summed E-state index contributed by atoms with van der Waals surface area (Å²) in [5.41, 5.74) is 0.182. The van der Waals surface area contributed by atoms with Gasteiger partial charge in [-0.3, -0.25) is 14.5 Å². The van der Waals surface area contributed by atoms with Crippen LogP contribution < -0.4 is 10.1 Å². The zero-order valence-electron chi connectivity index (χ0n) is 17.2. The monoisotopic (exact) mass is 376 g/mol. The van der Waals surface area contributed by atoms with E-state index >= 15 is 0 Å². The molecule has 150 valence electrons. The van der Waals surface area contributed by atoms with Crippen LogP contribution in [0.25, 0.3) is 0 Å². The highest BCUT2D eigenvalue weighted by Gasteiger charge is 2.56. The van der Waals surface area contributed by atoms with Crippen molar-refractivity contribution in [2.24, 2.45) is 11.8 Å². The van der Waals surface area contributed by atoms with E-state index in [-0.39, 0.29) is 23.8 Å². The summed E-state index contributed by atoms with van der Waals surface area (Å²) in [5.74, 6) is 0.487. The number of hydrogen-bond donors (Lipinski definition) is 1. The van der Waals surface area contributed by atoms with Crippen LogP contribution in [0.2, 0.25) is 0 Å². The molecular formula is C21H32N2O4. The van der Waals surface area contributed by atoms with Crippen molar-refractivity contribution in [1.29, 1.82) is 0 Å². The molecule has 0 spiro atoms. The first kappa shape index (κ1) is 21.2. The number of esters is 1. The molecule has 0 saturated carbocycles. The average Bonchev–Trinajstić information content (AvgIpc) is 2.99. The molecule has 1 saturated heterocycles. The summed E-state index contributed by atoms with van der Waals surface area (Å²) in [5, 5.41) is 3.04. The number of amides is 1. The Morgan fingerprint density at radius 3 is 2.37 bits per heavy atom. The summed E-state index contributed by atoms with van der Waals surface area (Å²) in [4.78, 5) is 27.7. The Labute approximate surface area is 162 Å².